The number of aliphatic hydroxyl groups is 1. The molecular formula is C33H40N2O5. The van der Waals surface area contributed by atoms with Gasteiger partial charge in [0.1, 0.15) is 11.5 Å². The predicted molar refractivity (Wildman–Crippen MR) is 156 cm³/mol. The molecule has 40 heavy (non-hydrogen) atoms. The second-order valence-corrected chi connectivity index (χ2v) is 10.8. The minimum absolute atomic E-state index is 0.0780. The van der Waals surface area contributed by atoms with Crippen LogP contribution in [0.4, 0.5) is 0 Å². The minimum atomic E-state index is -0.654. The van der Waals surface area contributed by atoms with E-state index < -0.39 is 6.10 Å². The van der Waals surface area contributed by atoms with Gasteiger partial charge in [-0.1, -0.05) is 54.6 Å². The van der Waals surface area contributed by atoms with Gasteiger partial charge >= 0.3 is 0 Å². The highest BCUT2D eigenvalue weighted by atomic mass is 16.5. The zero-order valence-electron chi connectivity index (χ0n) is 23.4. The Kier molecular flexibility index (Phi) is 9.37. The number of hydrogen-bond acceptors (Lipinski definition) is 6. The van der Waals surface area contributed by atoms with E-state index in [-0.39, 0.29) is 23.8 Å². The van der Waals surface area contributed by atoms with E-state index in [4.69, 9.17) is 14.2 Å². The number of nitrogens with one attached hydrogen (secondary N) is 1. The van der Waals surface area contributed by atoms with E-state index in [2.05, 4.69) is 29.6 Å². The van der Waals surface area contributed by atoms with E-state index in [1.54, 1.807) is 14.2 Å². The number of carbonyl (C=O) groups excluding carboxylic acids is 1. The first-order valence-electron chi connectivity index (χ1n) is 14.2. The molecule has 3 atom stereocenters. The minimum Gasteiger partial charge on any atom is -0.497 e. The molecule has 7 nitrogen and oxygen atoms in total. The van der Waals surface area contributed by atoms with Crippen LogP contribution in [0.25, 0.3) is 11.1 Å². The van der Waals surface area contributed by atoms with Crippen molar-refractivity contribution in [3.63, 3.8) is 0 Å². The quantitative estimate of drug-likeness (QED) is 0.324. The van der Waals surface area contributed by atoms with Gasteiger partial charge in [0.05, 0.1) is 25.7 Å². The lowest BCUT2D eigenvalue weighted by Gasteiger charge is -2.38. The van der Waals surface area contributed by atoms with Gasteiger partial charge in [-0.05, 0) is 47.2 Å². The van der Waals surface area contributed by atoms with Crippen molar-refractivity contribution in [2.24, 2.45) is 5.92 Å². The molecule has 1 aliphatic heterocycles. The van der Waals surface area contributed by atoms with Gasteiger partial charge in [0, 0.05) is 57.8 Å². The van der Waals surface area contributed by atoms with Crippen LogP contribution in [-0.4, -0.2) is 68.6 Å². The average molecular weight is 545 g/mol. The maximum absolute atomic E-state index is 14.3. The monoisotopic (exact) mass is 544 g/mol. The third-order valence-corrected chi connectivity index (χ3v) is 7.82. The number of amides is 1. The standard InChI is InChI=1S/C33H40N2O5/c1-38-14-7-15-40-29-17-23(16-28(19-29)39-2)22-35(27-12-13-27)33(37)30-20-34-21-31(36)32(30)26-11-6-10-25(18-26)24-8-4-3-5-9-24/h3-6,8-11,16-19,27,30-32,34,36H,7,12-15,20-22H2,1-2H3/t30?,31-,32-/m1/s1. The molecule has 0 radical (unpaired) electrons. The first kappa shape index (κ1) is 28.1. The van der Waals surface area contributed by atoms with Crippen LogP contribution in [0.2, 0.25) is 0 Å². The highest BCUT2D eigenvalue weighted by molar-refractivity contribution is 5.81. The van der Waals surface area contributed by atoms with Gasteiger partial charge in [0.25, 0.3) is 0 Å². The molecule has 7 heteroatoms. The number of ether oxygens (including phenoxy) is 3. The molecule has 1 saturated heterocycles. The Labute approximate surface area is 237 Å². The van der Waals surface area contributed by atoms with Gasteiger partial charge in [-0.3, -0.25) is 4.79 Å². The van der Waals surface area contributed by atoms with Crippen LogP contribution in [0.1, 0.15) is 36.3 Å². The molecule has 3 aromatic carbocycles. The highest BCUT2D eigenvalue weighted by Crippen LogP contribution is 2.38. The number of nitrogens with zero attached hydrogens (tertiary/aromatic N) is 1. The fourth-order valence-corrected chi connectivity index (χ4v) is 5.66. The Morgan fingerprint density at radius 1 is 0.925 bits per heavy atom. The van der Waals surface area contributed by atoms with Crippen molar-refractivity contribution >= 4 is 5.91 Å². The van der Waals surface area contributed by atoms with Crippen molar-refractivity contribution in [3.8, 4) is 22.6 Å². The molecule has 2 N–H and O–H groups in total. The molecule has 1 amide bonds. The van der Waals surface area contributed by atoms with Gasteiger partial charge in [-0.15, -0.1) is 0 Å². The third-order valence-electron chi connectivity index (χ3n) is 7.82. The maximum atomic E-state index is 14.3. The van der Waals surface area contributed by atoms with Crippen LogP contribution >= 0.6 is 0 Å². The van der Waals surface area contributed by atoms with Crippen molar-refractivity contribution in [2.75, 3.05) is 40.5 Å². The Balaban J connectivity index is 1.38. The summed E-state index contributed by atoms with van der Waals surface area (Å²) in [5.41, 5.74) is 4.17. The van der Waals surface area contributed by atoms with Crippen LogP contribution < -0.4 is 14.8 Å². The zero-order valence-corrected chi connectivity index (χ0v) is 23.4. The van der Waals surface area contributed by atoms with Crippen LogP contribution in [0.5, 0.6) is 11.5 Å². The normalized spacial score (nSPS) is 20.6. The molecule has 1 heterocycles. The number of hydrogen-bond donors (Lipinski definition) is 2. The third kappa shape index (κ3) is 6.84. The smallest absolute Gasteiger partial charge is 0.228 e. The second-order valence-electron chi connectivity index (χ2n) is 10.8. The lowest BCUT2D eigenvalue weighted by molar-refractivity contribution is -0.139. The van der Waals surface area contributed by atoms with Crippen molar-refractivity contribution in [2.45, 2.75) is 43.9 Å². The summed E-state index contributed by atoms with van der Waals surface area (Å²) in [4.78, 5) is 16.3. The first-order chi connectivity index (χ1) is 19.6. The van der Waals surface area contributed by atoms with Gasteiger partial charge in [-0.2, -0.15) is 0 Å². The lowest BCUT2D eigenvalue weighted by Crippen LogP contribution is -2.52. The van der Waals surface area contributed by atoms with Crippen molar-refractivity contribution < 1.29 is 24.1 Å². The maximum Gasteiger partial charge on any atom is 0.228 e. The van der Waals surface area contributed by atoms with E-state index in [0.29, 0.717) is 38.6 Å². The van der Waals surface area contributed by atoms with E-state index in [1.165, 1.54) is 0 Å². The van der Waals surface area contributed by atoms with Crippen molar-refractivity contribution in [1.82, 2.24) is 10.2 Å². The summed E-state index contributed by atoms with van der Waals surface area (Å²) in [6.07, 6.45) is 2.12. The summed E-state index contributed by atoms with van der Waals surface area (Å²) in [6, 6.07) is 24.5. The number of piperidine rings is 1. The molecule has 2 aliphatic rings. The molecule has 1 aliphatic carbocycles. The second kappa shape index (κ2) is 13.3. The Morgan fingerprint density at radius 2 is 1.70 bits per heavy atom. The molecule has 1 saturated carbocycles. The van der Waals surface area contributed by atoms with Gasteiger partial charge < -0.3 is 29.5 Å². The number of benzene rings is 3. The first-order valence-corrected chi connectivity index (χ1v) is 14.2. The highest BCUT2D eigenvalue weighted by Gasteiger charge is 2.43. The molecule has 0 bridgehead atoms. The van der Waals surface area contributed by atoms with Crippen LogP contribution in [0.3, 0.4) is 0 Å². The molecule has 212 valence electrons. The molecule has 1 unspecified atom stereocenters. The summed E-state index contributed by atoms with van der Waals surface area (Å²) in [6.45, 7) is 2.65. The molecule has 0 aromatic heterocycles. The number of methoxy groups -OCH3 is 2. The van der Waals surface area contributed by atoms with Crippen LogP contribution in [-0.2, 0) is 16.1 Å². The number of rotatable bonds is 12. The molecule has 3 aromatic rings. The number of β-amino-alcohol motifs (C(OH)–C–C–N with tert-alkyl or cyclic N) is 1. The fraction of sp³-hybridized carbons (Fsp3) is 0.424. The summed E-state index contributed by atoms with van der Waals surface area (Å²) in [5.74, 6) is 0.843. The van der Waals surface area contributed by atoms with E-state index in [0.717, 1.165) is 47.3 Å². The van der Waals surface area contributed by atoms with Crippen molar-refractivity contribution in [1.29, 1.82) is 0 Å². The van der Waals surface area contributed by atoms with E-state index in [9.17, 15) is 9.90 Å². The van der Waals surface area contributed by atoms with Crippen molar-refractivity contribution in [3.05, 3.63) is 83.9 Å². The number of carbonyl (C=O) groups is 1. The Morgan fingerprint density at radius 3 is 2.45 bits per heavy atom. The topological polar surface area (TPSA) is 80.3 Å². The van der Waals surface area contributed by atoms with E-state index >= 15 is 0 Å². The lowest BCUT2D eigenvalue weighted by atomic mass is 9.77. The molecular weight excluding hydrogens is 504 g/mol. The summed E-state index contributed by atoms with van der Waals surface area (Å²) < 4.78 is 16.6. The van der Waals surface area contributed by atoms with Gasteiger partial charge in [-0.25, -0.2) is 0 Å². The SMILES string of the molecule is COCCCOc1cc(CN(C(=O)C2CNC[C@@H](O)[C@@H]2c2cccc(-c3ccccc3)c2)C2CC2)cc(OC)c1. The number of aliphatic hydroxyl groups excluding tert-OH is 1. The molecule has 2 fully saturated rings. The van der Waals surface area contributed by atoms with E-state index in [1.807, 2.05) is 53.4 Å². The average Bonchev–Trinajstić information content (AvgIpc) is 3.83. The zero-order chi connectivity index (χ0) is 27.9. The Hall–Kier alpha value is -3.39. The largest absolute Gasteiger partial charge is 0.497 e. The van der Waals surface area contributed by atoms with Crippen LogP contribution in [0, 0.1) is 5.92 Å². The van der Waals surface area contributed by atoms with Gasteiger partial charge in [0.2, 0.25) is 5.91 Å². The fourth-order valence-electron chi connectivity index (χ4n) is 5.66. The summed E-state index contributed by atoms with van der Waals surface area (Å²) in [5, 5.41) is 14.5. The predicted octanol–water partition coefficient (Wildman–Crippen LogP) is 4.63. The Bertz CT molecular complexity index is 1260. The van der Waals surface area contributed by atoms with Gasteiger partial charge in [0.15, 0.2) is 0 Å². The summed E-state index contributed by atoms with van der Waals surface area (Å²) in [7, 11) is 3.32. The molecule has 5 rings (SSSR count). The summed E-state index contributed by atoms with van der Waals surface area (Å²) >= 11 is 0. The molecule has 0 spiro atoms. The van der Waals surface area contributed by atoms with Crippen LogP contribution in [0.15, 0.2) is 72.8 Å².